The molecule has 2 rings (SSSR count). The van der Waals surface area contributed by atoms with E-state index in [4.69, 9.17) is 17.0 Å². The number of thiocarbonyl (C=S) groups is 1. The van der Waals surface area contributed by atoms with Crippen molar-refractivity contribution in [3.05, 3.63) is 59.7 Å². The van der Waals surface area contributed by atoms with Crippen LogP contribution >= 0.6 is 12.2 Å². The fourth-order valence-corrected chi connectivity index (χ4v) is 3.11. The number of ether oxygens (including phenoxy) is 1. The van der Waals surface area contributed by atoms with Crippen molar-refractivity contribution in [3.63, 3.8) is 0 Å². The second-order valence-corrected chi connectivity index (χ2v) is 8.08. The number of hydrazine groups is 1. The van der Waals surface area contributed by atoms with E-state index in [0.717, 1.165) is 19.3 Å². The lowest BCUT2D eigenvalue weighted by Gasteiger charge is -2.12. The largest absolute Gasteiger partial charge is 0.494 e. The molecule has 0 aliphatic heterocycles. The molecule has 3 amide bonds. The van der Waals surface area contributed by atoms with E-state index in [1.165, 1.54) is 12.8 Å². The summed E-state index contributed by atoms with van der Waals surface area (Å²) in [6.45, 7) is 4.74. The van der Waals surface area contributed by atoms with Gasteiger partial charge in [0, 0.05) is 23.2 Å². The molecule has 0 aromatic heterocycles. The number of anilines is 1. The van der Waals surface area contributed by atoms with Gasteiger partial charge in [-0.25, -0.2) is 0 Å². The van der Waals surface area contributed by atoms with Crippen molar-refractivity contribution in [1.82, 2.24) is 16.2 Å². The quantitative estimate of drug-likeness (QED) is 0.215. The molecule has 0 spiro atoms. The highest BCUT2D eigenvalue weighted by atomic mass is 32.1. The molecule has 0 atom stereocenters. The number of unbranched alkanes of at least 4 members (excludes halogenated alkanes) is 3. The van der Waals surface area contributed by atoms with Crippen LogP contribution in [-0.2, 0) is 4.79 Å². The highest BCUT2D eigenvalue weighted by Crippen LogP contribution is 2.13. The molecule has 9 heteroatoms. The van der Waals surface area contributed by atoms with E-state index in [1.54, 1.807) is 48.5 Å². The maximum absolute atomic E-state index is 12.4. The van der Waals surface area contributed by atoms with Crippen LogP contribution in [0.15, 0.2) is 48.5 Å². The van der Waals surface area contributed by atoms with Crippen LogP contribution in [0.2, 0.25) is 0 Å². The molecule has 8 nitrogen and oxygen atoms in total. The monoisotopic (exact) mass is 484 g/mol. The van der Waals surface area contributed by atoms with Crippen LogP contribution in [0.1, 0.15) is 73.1 Å². The number of amides is 3. The lowest BCUT2D eigenvalue weighted by Crippen LogP contribution is -2.48. The molecule has 0 saturated carbocycles. The standard InChI is InChI=1S/C25H32N4O4S/c1-3-5-6-7-17-33-21-15-11-18(12-16-21)23(31)27-25(34)29-28-24(32)19-9-13-20(14-10-19)26-22(30)8-4-2/h9-16H,3-8,17H2,1-2H3,(H,26,30)(H,28,32)(H2,27,29,31,34). The van der Waals surface area contributed by atoms with Crippen molar-refractivity contribution in [2.75, 3.05) is 11.9 Å². The van der Waals surface area contributed by atoms with E-state index < -0.39 is 11.8 Å². The average Bonchev–Trinajstić information content (AvgIpc) is 2.83. The van der Waals surface area contributed by atoms with Crippen molar-refractivity contribution < 1.29 is 19.1 Å². The highest BCUT2D eigenvalue weighted by Gasteiger charge is 2.10. The Hall–Kier alpha value is -3.46. The van der Waals surface area contributed by atoms with Crippen molar-refractivity contribution in [1.29, 1.82) is 0 Å². The maximum atomic E-state index is 12.4. The number of hydrogen-bond donors (Lipinski definition) is 4. The Labute approximate surface area is 205 Å². The maximum Gasteiger partial charge on any atom is 0.269 e. The average molecular weight is 485 g/mol. The molecule has 0 unspecified atom stereocenters. The molecule has 0 aliphatic rings. The van der Waals surface area contributed by atoms with Crippen LogP contribution in [0.3, 0.4) is 0 Å². The third-order valence-corrected chi connectivity index (χ3v) is 5.01. The van der Waals surface area contributed by atoms with Crippen LogP contribution in [0, 0.1) is 0 Å². The Balaban J connectivity index is 1.75. The summed E-state index contributed by atoms with van der Waals surface area (Å²) in [6, 6.07) is 13.2. The van der Waals surface area contributed by atoms with E-state index in [1.807, 2.05) is 6.92 Å². The first-order valence-corrected chi connectivity index (χ1v) is 11.9. The van der Waals surface area contributed by atoms with Crippen molar-refractivity contribution in [3.8, 4) is 5.75 Å². The summed E-state index contributed by atoms with van der Waals surface area (Å²) in [5, 5.41) is 5.22. The third kappa shape index (κ3) is 9.58. The second-order valence-electron chi connectivity index (χ2n) is 7.67. The van der Waals surface area contributed by atoms with Crippen molar-refractivity contribution in [2.45, 2.75) is 52.4 Å². The van der Waals surface area contributed by atoms with E-state index in [2.05, 4.69) is 28.4 Å². The molecule has 0 bridgehead atoms. The van der Waals surface area contributed by atoms with Gasteiger partial charge in [0.15, 0.2) is 5.11 Å². The minimum atomic E-state index is -0.441. The van der Waals surface area contributed by atoms with Gasteiger partial charge in [0.1, 0.15) is 5.75 Å². The number of carbonyl (C=O) groups is 3. The summed E-state index contributed by atoms with van der Waals surface area (Å²) in [7, 11) is 0. The predicted molar refractivity (Wildman–Crippen MR) is 137 cm³/mol. The summed E-state index contributed by atoms with van der Waals surface area (Å²) in [5.41, 5.74) is 6.32. The molecule has 4 N–H and O–H groups in total. The minimum Gasteiger partial charge on any atom is -0.494 e. The smallest absolute Gasteiger partial charge is 0.269 e. The lowest BCUT2D eigenvalue weighted by molar-refractivity contribution is -0.116. The first kappa shape index (κ1) is 26.8. The van der Waals surface area contributed by atoms with E-state index >= 15 is 0 Å². The molecule has 2 aromatic carbocycles. The molecular weight excluding hydrogens is 452 g/mol. The van der Waals surface area contributed by atoms with E-state index in [0.29, 0.717) is 35.6 Å². The molecular formula is C25H32N4O4S. The van der Waals surface area contributed by atoms with Crippen LogP contribution in [0.5, 0.6) is 5.75 Å². The summed E-state index contributed by atoms with van der Waals surface area (Å²) in [4.78, 5) is 36.3. The predicted octanol–water partition coefficient (Wildman–Crippen LogP) is 4.33. The first-order chi connectivity index (χ1) is 16.4. The second kappa shape index (κ2) is 14.6. The van der Waals surface area contributed by atoms with Gasteiger partial charge in [0.25, 0.3) is 11.8 Å². The van der Waals surface area contributed by atoms with Gasteiger partial charge in [-0.2, -0.15) is 0 Å². The molecule has 0 saturated heterocycles. The Morgan fingerprint density at radius 3 is 2.09 bits per heavy atom. The van der Waals surface area contributed by atoms with Crippen LogP contribution < -0.4 is 26.2 Å². The zero-order chi connectivity index (χ0) is 24.8. The van der Waals surface area contributed by atoms with Gasteiger partial charge in [-0.05, 0) is 73.6 Å². The Morgan fingerprint density at radius 2 is 1.44 bits per heavy atom. The van der Waals surface area contributed by atoms with Gasteiger partial charge in [0.05, 0.1) is 6.61 Å². The summed E-state index contributed by atoms with van der Waals surface area (Å²) in [5.74, 6) is -0.221. The Kier molecular flexibility index (Phi) is 11.5. The minimum absolute atomic E-state index is 0.0435. The molecule has 0 aliphatic carbocycles. The number of nitrogens with one attached hydrogen (secondary N) is 4. The number of carbonyl (C=O) groups excluding carboxylic acids is 3. The lowest BCUT2D eigenvalue weighted by atomic mass is 10.2. The van der Waals surface area contributed by atoms with Crippen LogP contribution in [-0.4, -0.2) is 29.4 Å². The Bertz CT molecular complexity index is 962. The molecule has 0 radical (unpaired) electrons. The number of rotatable bonds is 11. The topological polar surface area (TPSA) is 109 Å². The van der Waals surface area contributed by atoms with Gasteiger partial charge < -0.3 is 10.1 Å². The molecule has 0 heterocycles. The summed E-state index contributed by atoms with van der Waals surface area (Å²) >= 11 is 5.08. The molecule has 2 aromatic rings. The van der Waals surface area contributed by atoms with Gasteiger partial charge in [0.2, 0.25) is 5.91 Å². The first-order valence-electron chi connectivity index (χ1n) is 11.5. The fraction of sp³-hybridized carbons (Fsp3) is 0.360. The summed E-state index contributed by atoms with van der Waals surface area (Å²) in [6.07, 6.45) is 5.71. The van der Waals surface area contributed by atoms with Gasteiger partial charge in [-0.3, -0.25) is 30.6 Å². The van der Waals surface area contributed by atoms with E-state index in [9.17, 15) is 14.4 Å². The van der Waals surface area contributed by atoms with Crippen LogP contribution in [0.4, 0.5) is 5.69 Å². The number of hydrogen-bond acceptors (Lipinski definition) is 5. The van der Waals surface area contributed by atoms with Crippen molar-refractivity contribution in [2.24, 2.45) is 0 Å². The number of benzene rings is 2. The zero-order valence-electron chi connectivity index (χ0n) is 19.6. The molecule has 34 heavy (non-hydrogen) atoms. The zero-order valence-corrected chi connectivity index (χ0v) is 20.4. The third-order valence-electron chi connectivity index (χ3n) is 4.81. The fourth-order valence-electron chi connectivity index (χ4n) is 2.97. The van der Waals surface area contributed by atoms with Crippen molar-refractivity contribution >= 4 is 40.7 Å². The van der Waals surface area contributed by atoms with Gasteiger partial charge >= 0.3 is 0 Å². The SMILES string of the molecule is CCCCCCOc1ccc(C(=O)NC(=S)NNC(=O)c2ccc(NC(=O)CCC)cc2)cc1. The van der Waals surface area contributed by atoms with Crippen LogP contribution in [0.25, 0.3) is 0 Å². The molecule has 0 fully saturated rings. The summed E-state index contributed by atoms with van der Waals surface area (Å²) < 4.78 is 5.67. The van der Waals surface area contributed by atoms with E-state index in [-0.39, 0.29) is 11.0 Å². The Morgan fingerprint density at radius 1 is 0.794 bits per heavy atom. The molecule has 182 valence electrons. The highest BCUT2D eigenvalue weighted by molar-refractivity contribution is 7.80. The van der Waals surface area contributed by atoms with Gasteiger partial charge in [-0.1, -0.05) is 33.1 Å². The normalized spacial score (nSPS) is 10.2. The van der Waals surface area contributed by atoms with Gasteiger partial charge in [-0.15, -0.1) is 0 Å².